The molecule has 0 aromatic carbocycles. The van der Waals surface area contributed by atoms with Crippen molar-refractivity contribution in [3.63, 3.8) is 0 Å². The Hall–Kier alpha value is -2.50. The van der Waals surface area contributed by atoms with Crippen molar-refractivity contribution in [1.29, 1.82) is 0 Å². The van der Waals surface area contributed by atoms with Crippen LogP contribution >= 0.6 is 0 Å². The summed E-state index contributed by atoms with van der Waals surface area (Å²) in [4.78, 5) is 16.9. The molecular formula is C37H61N3O24. The van der Waals surface area contributed by atoms with Gasteiger partial charge in [0.25, 0.3) is 0 Å². The number of amides is 1. The smallest absolute Gasteiger partial charge is 0.217 e. The van der Waals surface area contributed by atoms with Crippen molar-refractivity contribution in [3.05, 3.63) is 24.4 Å². The topological polar surface area (TPSA) is 431 Å². The number of aliphatic hydroxyl groups is 15. The molecule has 1 aromatic heterocycles. The standard InChI is InChI=1S/C37H61N3O24/c1-12-21(48)25(52)27(54)35(57-12)62-31-18(11-44)60-34(20(40-13(2)45)32(31)63-36-28(55)26(53)23(50)16(9-42)58-36)64-33-24(51)17(10-43)59-37(29(33)56)61-30(15(47)8-41)22(49)14(46)7-39-19-5-3-4-6-38-19/h3-6,12,14-18,20-37,41-44,46-56H,7-11H2,1-2H3,(H,38,39)(H,40,45)/t12-,14-,15+,16+,17+,18+,20+,21+,22+,23-,24-,25+,26-,27-,28+,29+,30+,31+,32+,33-,34-,35-,36-,37-/m0/s1. The van der Waals surface area contributed by atoms with Gasteiger partial charge in [-0.15, -0.1) is 0 Å². The number of ether oxygens (including phenoxy) is 8. The molecule has 4 fully saturated rings. The fraction of sp³-hybridized carbons (Fsp3) is 0.838. The molecule has 4 aliphatic rings. The highest BCUT2D eigenvalue weighted by Crippen LogP contribution is 2.36. The third kappa shape index (κ3) is 12.0. The predicted octanol–water partition coefficient (Wildman–Crippen LogP) is -9.60. The van der Waals surface area contributed by atoms with Crippen molar-refractivity contribution in [2.45, 2.75) is 161 Å². The summed E-state index contributed by atoms with van der Waals surface area (Å²) in [6.45, 7) is -1.97. The summed E-state index contributed by atoms with van der Waals surface area (Å²) in [6.07, 6.45) is -41.2. The maximum absolute atomic E-state index is 12.9. The number of hydrogen-bond donors (Lipinski definition) is 17. The first kappa shape index (κ1) is 52.5. The van der Waals surface area contributed by atoms with E-state index in [4.69, 9.17) is 37.9 Å². The van der Waals surface area contributed by atoms with E-state index in [1.54, 1.807) is 18.2 Å². The lowest BCUT2D eigenvalue weighted by Crippen LogP contribution is -2.71. The minimum absolute atomic E-state index is 0.303. The molecule has 27 nitrogen and oxygen atoms in total. The summed E-state index contributed by atoms with van der Waals surface area (Å²) in [7, 11) is 0. The van der Waals surface area contributed by atoms with Gasteiger partial charge < -0.3 is 125 Å². The van der Waals surface area contributed by atoms with Gasteiger partial charge in [0, 0.05) is 19.7 Å². The minimum atomic E-state index is -2.18. The Balaban J connectivity index is 1.47. The number of aliphatic hydroxyl groups excluding tert-OH is 15. The van der Waals surface area contributed by atoms with Crippen molar-refractivity contribution >= 4 is 11.7 Å². The van der Waals surface area contributed by atoms with Gasteiger partial charge in [0.15, 0.2) is 25.2 Å². The monoisotopic (exact) mass is 931 g/mol. The highest BCUT2D eigenvalue weighted by atomic mass is 16.8. The zero-order valence-corrected chi connectivity index (χ0v) is 34.5. The summed E-state index contributed by atoms with van der Waals surface area (Å²) in [6, 6.07) is 3.06. The zero-order valence-electron chi connectivity index (χ0n) is 34.5. The first-order valence-electron chi connectivity index (χ1n) is 20.4. The SMILES string of the molecule is CC(=O)N[C@H]1[C@H](O[C@H]2[C@@H](O)[C@@H](CO)O[C@@H](O[C@@H]([C@H](O)[C@@H](O)CNc3ccccn3)[C@H](O)CO)[C@@H]2O)O[C@H](CO)[C@@H](O[C@@H]2O[C@@H](C)[C@@H](O)[C@@H](O)[C@@H]2O)[C@@H]1O[C@@H]1O[C@H](CO)[C@H](O)[C@H](O)[C@H]1O. The van der Waals surface area contributed by atoms with E-state index in [9.17, 15) is 81.4 Å². The van der Waals surface area contributed by atoms with Gasteiger partial charge in [0.1, 0.15) is 116 Å². The van der Waals surface area contributed by atoms with Crippen LogP contribution in [0.3, 0.4) is 0 Å². The Labute approximate surface area is 364 Å². The van der Waals surface area contributed by atoms with Crippen LogP contribution in [0.25, 0.3) is 0 Å². The van der Waals surface area contributed by atoms with Crippen LogP contribution in [-0.2, 0) is 42.7 Å². The van der Waals surface area contributed by atoms with E-state index in [-0.39, 0.29) is 6.54 Å². The molecule has 0 unspecified atom stereocenters. The number of carbonyl (C=O) groups excluding carboxylic acids is 1. The van der Waals surface area contributed by atoms with Crippen LogP contribution in [0, 0.1) is 0 Å². The van der Waals surface area contributed by atoms with Crippen molar-refractivity contribution in [1.82, 2.24) is 10.3 Å². The largest absolute Gasteiger partial charge is 0.394 e. The van der Waals surface area contributed by atoms with Crippen LogP contribution < -0.4 is 10.6 Å². The summed E-state index contributed by atoms with van der Waals surface area (Å²) >= 11 is 0. The number of hydrogen-bond acceptors (Lipinski definition) is 26. The molecule has 1 aromatic rings. The number of pyridine rings is 1. The summed E-state index contributed by atoms with van der Waals surface area (Å²) in [5.41, 5.74) is 0. The van der Waals surface area contributed by atoms with Crippen LogP contribution in [-0.4, -0.2) is 268 Å². The molecule has 24 atom stereocenters. The Bertz CT molecular complexity index is 1560. The van der Waals surface area contributed by atoms with E-state index in [1.807, 2.05) is 0 Å². The number of nitrogens with zero attached hydrogens (tertiary/aromatic N) is 1. The third-order valence-corrected chi connectivity index (χ3v) is 11.3. The molecule has 5 heterocycles. The first-order chi connectivity index (χ1) is 30.4. The second kappa shape index (κ2) is 23.5. The van der Waals surface area contributed by atoms with Gasteiger partial charge in [0.2, 0.25) is 5.91 Å². The van der Waals surface area contributed by atoms with Crippen molar-refractivity contribution < 1.29 is 119 Å². The lowest BCUT2D eigenvalue weighted by atomic mass is 9.93. The molecule has 64 heavy (non-hydrogen) atoms. The van der Waals surface area contributed by atoms with Gasteiger partial charge in [-0.25, -0.2) is 4.98 Å². The summed E-state index contributed by atoms with van der Waals surface area (Å²) in [5.74, 6) is -0.544. The molecule has 1 amide bonds. The number of anilines is 1. The fourth-order valence-corrected chi connectivity index (χ4v) is 7.65. The van der Waals surface area contributed by atoms with Crippen LogP contribution in [0.4, 0.5) is 5.82 Å². The number of aromatic nitrogens is 1. The molecular weight excluding hydrogens is 870 g/mol. The average Bonchev–Trinajstić information content (AvgIpc) is 3.28. The van der Waals surface area contributed by atoms with Gasteiger partial charge in [-0.3, -0.25) is 4.79 Å². The number of carbonyl (C=O) groups is 1. The van der Waals surface area contributed by atoms with Crippen LogP contribution in [0.2, 0.25) is 0 Å². The normalized spacial score (nSPS) is 42.6. The lowest BCUT2D eigenvalue weighted by Gasteiger charge is -2.51. The predicted molar refractivity (Wildman–Crippen MR) is 205 cm³/mol. The van der Waals surface area contributed by atoms with Crippen LogP contribution in [0.5, 0.6) is 0 Å². The molecule has 0 spiro atoms. The van der Waals surface area contributed by atoms with Gasteiger partial charge in [-0.2, -0.15) is 0 Å². The molecule has 17 N–H and O–H groups in total. The number of rotatable bonds is 19. The zero-order chi connectivity index (χ0) is 47.2. The highest BCUT2D eigenvalue weighted by molar-refractivity contribution is 5.73. The molecule has 0 bridgehead atoms. The molecule has 4 aliphatic heterocycles. The van der Waals surface area contributed by atoms with Crippen molar-refractivity contribution in [2.24, 2.45) is 0 Å². The van der Waals surface area contributed by atoms with E-state index < -0.39 is 180 Å². The van der Waals surface area contributed by atoms with Crippen LogP contribution in [0.15, 0.2) is 24.4 Å². The first-order valence-corrected chi connectivity index (χ1v) is 20.4. The van der Waals surface area contributed by atoms with Gasteiger partial charge in [0.05, 0.1) is 38.6 Å². The quantitative estimate of drug-likeness (QED) is 0.0612. The van der Waals surface area contributed by atoms with Gasteiger partial charge in [-0.05, 0) is 19.1 Å². The maximum Gasteiger partial charge on any atom is 0.217 e. The van der Waals surface area contributed by atoms with Crippen LogP contribution in [0.1, 0.15) is 13.8 Å². The Kier molecular flexibility index (Phi) is 19.3. The van der Waals surface area contributed by atoms with E-state index in [0.717, 1.165) is 6.92 Å². The van der Waals surface area contributed by atoms with E-state index >= 15 is 0 Å². The Morgan fingerprint density at radius 1 is 0.656 bits per heavy atom. The minimum Gasteiger partial charge on any atom is -0.394 e. The molecule has 5 rings (SSSR count). The maximum atomic E-state index is 12.9. The third-order valence-electron chi connectivity index (χ3n) is 11.3. The molecule has 0 aliphatic carbocycles. The highest BCUT2D eigenvalue weighted by Gasteiger charge is 2.57. The molecule has 27 heteroatoms. The van der Waals surface area contributed by atoms with Crippen molar-refractivity contribution in [3.8, 4) is 0 Å². The molecule has 0 radical (unpaired) electrons. The fourth-order valence-electron chi connectivity index (χ4n) is 7.65. The molecule has 4 saturated heterocycles. The van der Waals surface area contributed by atoms with E-state index in [1.165, 1.54) is 13.1 Å². The summed E-state index contributed by atoms with van der Waals surface area (Å²) < 4.78 is 46.6. The van der Waals surface area contributed by atoms with E-state index in [0.29, 0.717) is 5.82 Å². The lowest BCUT2D eigenvalue weighted by molar-refractivity contribution is -0.388. The van der Waals surface area contributed by atoms with E-state index in [2.05, 4.69) is 15.6 Å². The van der Waals surface area contributed by atoms with Gasteiger partial charge in [-0.1, -0.05) is 6.07 Å². The Morgan fingerprint density at radius 2 is 1.22 bits per heavy atom. The molecule has 0 saturated carbocycles. The second-order valence-corrected chi connectivity index (χ2v) is 15.8. The average molecular weight is 932 g/mol. The summed E-state index contributed by atoms with van der Waals surface area (Å²) in [5, 5.41) is 165. The Morgan fingerprint density at radius 3 is 1.81 bits per heavy atom. The second-order valence-electron chi connectivity index (χ2n) is 15.8. The van der Waals surface area contributed by atoms with Crippen molar-refractivity contribution in [2.75, 3.05) is 38.3 Å². The van der Waals surface area contributed by atoms with Gasteiger partial charge >= 0.3 is 0 Å². The number of nitrogens with one attached hydrogen (secondary N) is 2. The molecule has 368 valence electrons.